The highest BCUT2D eigenvalue weighted by Gasteiger charge is 2.46. The number of aliphatic hydroxyl groups excluding tert-OH is 6. The summed E-state index contributed by atoms with van der Waals surface area (Å²) in [6.07, 6.45) is -6.71. The van der Waals surface area contributed by atoms with Crippen molar-refractivity contribution in [2.75, 3.05) is 13.2 Å². The van der Waals surface area contributed by atoms with Crippen molar-refractivity contribution >= 4 is 11.9 Å². The van der Waals surface area contributed by atoms with Gasteiger partial charge >= 0.3 is 11.9 Å². The normalized spacial score (nSPS) is 31.2. The number of hydrogen-bond acceptors (Lipinski definition) is 14. The van der Waals surface area contributed by atoms with E-state index in [0.29, 0.717) is 19.3 Å². The molecule has 3 fully saturated rings. The number of carbonyl (C=O) groups is 2. The van der Waals surface area contributed by atoms with Gasteiger partial charge in [-0.15, -0.1) is 0 Å². The zero-order valence-electron chi connectivity index (χ0n) is 29.7. The third-order valence-corrected chi connectivity index (χ3v) is 9.95. The van der Waals surface area contributed by atoms with Crippen LogP contribution in [0.1, 0.15) is 95.3 Å². The van der Waals surface area contributed by atoms with Crippen molar-refractivity contribution in [3.63, 3.8) is 0 Å². The molecular weight excluding hydrogens is 668 g/mol. The Bertz CT molecular complexity index is 1250. The number of esters is 2. The van der Waals surface area contributed by atoms with Crippen LogP contribution in [-0.2, 0) is 33.2 Å². The monoisotopic (exact) mass is 724 g/mol. The smallest absolute Gasteiger partial charge is 0.347 e. The van der Waals surface area contributed by atoms with E-state index in [-0.39, 0.29) is 36.8 Å². The summed E-state index contributed by atoms with van der Waals surface area (Å²) in [5.41, 5.74) is 0.119. The zero-order valence-corrected chi connectivity index (χ0v) is 29.7. The molecule has 1 aliphatic heterocycles. The minimum absolute atomic E-state index is 0.0681. The van der Waals surface area contributed by atoms with Gasteiger partial charge in [-0.1, -0.05) is 63.6 Å². The second kappa shape index (κ2) is 20.0. The molecule has 2 saturated carbocycles. The van der Waals surface area contributed by atoms with Crippen molar-refractivity contribution in [1.82, 2.24) is 0 Å². The summed E-state index contributed by atoms with van der Waals surface area (Å²) in [4.78, 5) is 26.7. The first-order chi connectivity index (χ1) is 24.4. The number of aliphatic hydroxyl groups is 6. The summed E-state index contributed by atoms with van der Waals surface area (Å²) in [5, 5.41) is 64.1. The maximum atomic E-state index is 13.5. The van der Waals surface area contributed by atoms with E-state index < -0.39 is 91.5 Å². The van der Waals surface area contributed by atoms with E-state index in [1.54, 1.807) is 25.1 Å². The van der Waals surface area contributed by atoms with Crippen molar-refractivity contribution in [2.24, 2.45) is 11.8 Å². The van der Waals surface area contributed by atoms with Crippen LogP contribution in [0.5, 0.6) is 0 Å². The van der Waals surface area contributed by atoms with Crippen LogP contribution >= 0.6 is 0 Å². The Morgan fingerprint density at radius 3 is 2.27 bits per heavy atom. The maximum absolute atomic E-state index is 13.5. The minimum Gasteiger partial charge on any atom is -0.477 e. The molecule has 3 aliphatic rings. The average molecular weight is 725 g/mol. The van der Waals surface area contributed by atoms with E-state index in [2.05, 4.69) is 0 Å². The molecular formula is C37H56O14. The molecule has 2 aliphatic carbocycles. The molecule has 0 aromatic heterocycles. The van der Waals surface area contributed by atoms with Gasteiger partial charge in [0.05, 0.1) is 30.5 Å². The van der Waals surface area contributed by atoms with Crippen LogP contribution in [0.15, 0.2) is 41.9 Å². The van der Waals surface area contributed by atoms with Crippen LogP contribution in [0.4, 0.5) is 0 Å². The minimum atomic E-state index is -2.05. The van der Waals surface area contributed by atoms with Gasteiger partial charge in [0, 0.05) is 13.0 Å². The SMILES string of the molecule is CCOC(=O)[C@H](CC1CCCCC1)O/C(=C(\OC(=O)c1ccccc1)C(O)OC1CCCC(C)C1OC1OC(C)C(O)C(O)C1O)C(O)CCO. The molecule has 14 nitrogen and oxygen atoms in total. The summed E-state index contributed by atoms with van der Waals surface area (Å²) >= 11 is 0. The van der Waals surface area contributed by atoms with Gasteiger partial charge < -0.3 is 59.1 Å². The lowest BCUT2D eigenvalue weighted by Gasteiger charge is -2.44. The van der Waals surface area contributed by atoms with Crippen LogP contribution in [0.25, 0.3) is 0 Å². The van der Waals surface area contributed by atoms with E-state index in [4.69, 9.17) is 28.4 Å². The van der Waals surface area contributed by atoms with Gasteiger partial charge in [-0.25, -0.2) is 9.59 Å². The first-order valence-electron chi connectivity index (χ1n) is 18.3. The lowest BCUT2D eigenvalue weighted by molar-refractivity contribution is -0.322. The van der Waals surface area contributed by atoms with Crippen molar-refractivity contribution in [1.29, 1.82) is 0 Å². The largest absolute Gasteiger partial charge is 0.477 e. The third kappa shape index (κ3) is 11.2. The van der Waals surface area contributed by atoms with Gasteiger partial charge in [-0.2, -0.15) is 0 Å². The molecule has 0 bridgehead atoms. The van der Waals surface area contributed by atoms with Crippen LogP contribution in [-0.4, -0.2) is 117 Å². The molecule has 4 rings (SSSR count). The number of carbonyl (C=O) groups excluding carboxylic acids is 2. The Hall–Kier alpha value is -2.66. The molecule has 14 heteroatoms. The van der Waals surface area contributed by atoms with Crippen LogP contribution in [0, 0.1) is 11.8 Å². The standard InChI is InChI=1S/C37H56O14/c1-4-46-35(44)27(20-23-13-7-5-8-14-23)48-32(25(39)18-19-38)33(50-34(43)24-15-9-6-10-16-24)36(45)49-26-17-11-12-21(2)31(26)51-37-30(42)29(41)28(40)22(3)47-37/h6,9-10,15-16,21-23,25-31,36-42,45H,4-5,7-8,11-14,17-20H2,1-3H3/b33-32-/t21?,22?,25?,26?,27-,28?,29?,30?,31?,36?,37?/m0/s1. The average Bonchev–Trinajstić information content (AvgIpc) is 3.12. The number of benzene rings is 1. The summed E-state index contributed by atoms with van der Waals surface area (Å²) in [6.45, 7) is 4.64. The molecule has 1 aromatic carbocycles. The summed E-state index contributed by atoms with van der Waals surface area (Å²) in [6, 6.07) is 7.94. The first kappa shape index (κ1) is 41.1. The molecule has 0 radical (unpaired) electrons. The molecule has 51 heavy (non-hydrogen) atoms. The van der Waals surface area contributed by atoms with Crippen molar-refractivity contribution in [3.05, 3.63) is 47.4 Å². The van der Waals surface area contributed by atoms with Gasteiger partial charge in [-0.3, -0.25) is 0 Å². The molecule has 6 N–H and O–H groups in total. The molecule has 1 saturated heterocycles. The number of hydrogen-bond donors (Lipinski definition) is 6. The van der Waals surface area contributed by atoms with Crippen molar-refractivity contribution in [3.8, 4) is 0 Å². The second-order valence-electron chi connectivity index (χ2n) is 13.8. The van der Waals surface area contributed by atoms with Crippen LogP contribution in [0.3, 0.4) is 0 Å². The molecule has 0 amide bonds. The molecule has 288 valence electrons. The fourth-order valence-corrected chi connectivity index (χ4v) is 7.03. The highest BCUT2D eigenvalue weighted by molar-refractivity contribution is 5.90. The van der Waals surface area contributed by atoms with Crippen molar-refractivity contribution < 1.29 is 68.6 Å². The molecule has 1 aromatic rings. The van der Waals surface area contributed by atoms with Crippen LogP contribution in [0.2, 0.25) is 0 Å². The fourth-order valence-electron chi connectivity index (χ4n) is 7.03. The molecule has 10 unspecified atom stereocenters. The van der Waals surface area contributed by atoms with Crippen molar-refractivity contribution in [2.45, 2.75) is 146 Å². The lowest BCUT2D eigenvalue weighted by Crippen LogP contribution is -2.59. The zero-order chi connectivity index (χ0) is 37.1. The summed E-state index contributed by atoms with van der Waals surface area (Å²) in [5.74, 6) is -2.74. The quantitative estimate of drug-likeness (QED) is 0.0822. The molecule has 1 heterocycles. The highest BCUT2D eigenvalue weighted by Crippen LogP contribution is 2.35. The van der Waals surface area contributed by atoms with Crippen LogP contribution < -0.4 is 0 Å². The number of ether oxygens (including phenoxy) is 6. The Kier molecular flexibility index (Phi) is 16.1. The lowest BCUT2D eigenvalue weighted by atomic mass is 9.85. The van der Waals surface area contributed by atoms with Gasteiger partial charge in [0.25, 0.3) is 0 Å². The van der Waals surface area contributed by atoms with E-state index in [9.17, 15) is 40.2 Å². The Labute approximate surface area is 299 Å². The third-order valence-electron chi connectivity index (χ3n) is 9.95. The van der Waals surface area contributed by atoms with Gasteiger partial charge in [0.15, 0.2) is 18.2 Å². The van der Waals surface area contributed by atoms with Gasteiger partial charge in [0.2, 0.25) is 12.0 Å². The predicted molar refractivity (Wildman–Crippen MR) is 180 cm³/mol. The van der Waals surface area contributed by atoms with E-state index >= 15 is 0 Å². The highest BCUT2D eigenvalue weighted by atomic mass is 16.7. The maximum Gasteiger partial charge on any atom is 0.347 e. The second-order valence-corrected chi connectivity index (χ2v) is 13.8. The Morgan fingerprint density at radius 1 is 0.902 bits per heavy atom. The Morgan fingerprint density at radius 2 is 1.61 bits per heavy atom. The summed E-state index contributed by atoms with van der Waals surface area (Å²) < 4.78 is 35.3. The fraction of sp³-hybridized carbons (Fsp3) is 0.730. The molecule has 11 atom stereocenters. The van der Waals surface area contributed by atoms with E-state index in [1.165, 1.54) is 19.1 Å². The van der Waals surface area contributed by atoms with Gasteiger partial charge in [-0.05, 0) is 57.1 Å². The van der Waals surface area contributed by atoms with E-state index in [0.717, 1.165) is 32.1 Å². The summed E-state index contributed by atoms with van der Waals surface area (Å²) in [7, 11) is 0. The first-order valence-corrected chi connectivity index (χ1v) is 18.3. The number of rotatable bonds is 16. The Balaban J connectivity index is 1.70. The topological polar surface area (TPSA) is 211 Å². The van der Waals surface area contributed by atoms with Gasteiger partial charge in [0.1, 0.15) is 24.4 Å². The molecule has 0 spiro atoms. The van der Waals surface area contributed by atoms with E-state index in [1.807, 2.05) is 6.92 Å². The predicted octanol–water partition coefficient (Wildman–Crippen LogP) is 2.45.